The number of rotatable bonds is 1. The smallest absolute Gasteiger partial charge is 0.180 e. The molecule has 1 aromatic rings. The summed E-state index contributed by atoms with van der Waals surface area (Å²) in [6, 6.07) is 0. The normalized spacial score (nSPS) is 17.6. The molecule has 2 rings (SSSR count). The third-order valence-electron chi connectivity index (χ3n) is 2.77. The van der Waals surface area contributed by atoms with Gasteiger partial charge >= 0.3 is 0 Å². The third-order valence-corrected chi connectivity index (χ3v) is 2.77. The molecule has 1 N–H and O–H groups in total. The van der Waals surface area contributed by atoms with E-state index < -0.39 is 0 Å². The molecule has 1 aliphatic heterocycles. The number of nitrogens with zero attached hydrogens (tertiary/aromatic N) is 2. The fourth-order valence-corrected chi connectivity index (χ4v) is 1.89. The fourth-order valence-electron chi connectivity index (χ4n) is 1.89. The van der Waals surface area contributed by atoms with Crippen LogP contribution >= 0.6 is 0 Å². The molecule has 0 aliphatic carbocycles. The SMILES string of the molecule is CC(=O)c1n[nH]c2c1CCN(C)CC2. The van der Waals surface area contributed by atoms with Gasteiger partial charge in [0.1, 0.15) is 5.69 Å². The van der Waals surface area contributed by atoms with E-state index in [1.54, 1.807) is 6.92 Å². The fraction of sp³-hybridized carbons (Fsp3) is 0.600. The van der Waals surface area contributed by atoms with Crippen molar-refractivity contribution in [2.24, 2.45) is 0 Å². The maximum absolute atomic E-state index is 11.3. The summed E-state index contributed by atoms with van der Waals surface area (Å²) >= 11 is 0. The largest absolute Gasteiger partial charge is 0.306 e. The lowest BCUT2D eigenvalue weighted by atomic mass is 10.1. The minimum Gasteiger partial charge on any atom is -0.306 e. The van der Waals surface area contributed by atoms with Crippen molar-refractivity contribution >= 4 is 5.78 Å². The second kappa shape index (κ2) is 3.53. The average Bonchev–Trinajstić information content (AvgIpc) is 2.46. The summed E-state index contributed by atoms with van der Waals surface area (Å²) in [6.07, 6.45) is 1.89. The summed E-state index contributed by atoms with van der Waals surface area (Å²) in [4.78, 5) is 13.6. The molecule has 0 atom stereocenters. The summed E-state index contributed by atoms with van der Waals surface area (Å²) in [7, 11) is 2.10. The molecule has 0 saturated heterocycles. The first kappa shape index (κ1) is 9.40. The molecule has 4 heteroatoms. The molecule has 14 heavy (non-hydrogen) atoms. The molecule has 0 spiro atoms. The molecule has 0 fully saturated rings. The first-order valence-electron chi connectivity index (χ1n) is 4.94. The van der Waals surface area contributed by atoms with E-state index in [9.17, 15) is 4.79 Å². The molecule has 0 radical (unpaired) electrons. The Hall–Kier alpha value is -1.16. The van der Waals surface area contributed by atoms with Crippen molar-refractivity contribution < 1.29 is 4.79 Å². The minimum atomic E-state index is 0.0621. The van der Waals surface area contributed by atoms with Gasteiger partial charge in [0, 0.05) is 37.7 Å². The highest BCUT2D eigenvalue weighted by molar-refractivity contribution is 5.93. The highest BCUT2D eigenvalue weighted by atomic mass is 16.1. The first-order valence-corrected chi connectivity index (χ1v) is 4.94. The van der Waals surface area contributed by atoms with Crippen molar-refractivity contribution in [1.82, 2.24) is 15.1 Å². The molecule has 0 unspecified atom stereocenters. The number of likely N-dealkylation sites (N-methyl/N-ethyl adjacent to an activating group) is 1. The maximum Gasteiger partial charge on any atom is 0.180 e. The lowest BCUT2D eigenvalue weighted by molar-refractivity contribution is 0.101. The average molecular weight is 193 g/mol. The Bertz CT molecular complexity index is 356. The number of carbonyl (C=O) groups is 1. The van der Waals surface area contributed by atoms with Crippen molar-refractivity contribution in [3.63, 3.8) is 0 Å². The van der Waals surface area contributed by atoms with Crippen LogP contribution in [-0.2, 0) is 12.8 Å². The Morgan fingerprint density at radius 2 is 2.14 bits per heavy atom. The van der Waals surface area contributed by atoms with Crippen LogP contribution in [0.1, 0.15) is 28.7 Å². The van der Waals surface area contributed by atoms with Crippen LogP contribution < -0.4 is 0 Å². The van der Waals surface area contributed by atoms with Crippen LogP contribution in [0.5, 0.6) is 0 Å². The number of nitrogens with one attached hydrogen (secondary N) is 1. The summed E-state index contributed by atoms with van der Waals surface area (Å²) in [5, 5.41) is 7.04. The van der Waals surface area contributed by atoms with E-state index in [0.29, 0.717) is 5.69 Å². The molecule has 0 aromatic carbocycles. The van der Waals surface area contributed by atoms with E-state index in [1.807, 2.05) is 0 Å². The molecule has 0 amide bonds. The van der Waals surface area contributed by atoms with Gasteiger partial charge in [-0.3, -0.25) is 9.89 Å². The van der Waals surface area contributed by atoms with Crippen molar-refractivity contribution in [3.8, 4) is 0 Å². The van der Waals surface area contributed by atoms with E-state index in [0.717, 1.165) is 37.2 Å². The molecule has 1 aromatic heterocycles. The number of fused-ring (bicyclic) bond motifs is 1. The van der Waals surface area contributed by atoms with Crippen LogP contribution in [0.4, 0.5) is 0 Å². The number of aromatic amines is 1. The predicted molar refractivity (Wildman–Crippen MR) is 53.5 cm³/mol. The lowest BCUT2D eigenvalue weighted by Gasteiger charge is -2.11. The highest BCUT2D eigenvalue weighted by Crippen LogP contribution is 2.17. The molecule has 0 saturated carbocycles. The van der Waals surface area contributed by atoms with Gasteiger partial charge in [-0.1, -0.05) is 0 Å². The zero-order valence-electron chi connectivity index (χ0n) is 8.63. The van der Waals surface area contributed by atoms with Gasteiger partial charge in [-0.25, -0.2) is 0 Å². The topological polar surface area (TPSA) is 49.0 Å². The first-order chi connectivity index (χ1) is 6.68. The van der Waals surface area contributed by atoms with Gasteiger partial charge in [-0.15, -0.1) is 0 Å². The number of ketones is 1. The second-order valence-electron chi connectivity index (χ2n) is 3.89. The van der Waals surface area contributed by atoms with Crippen molar-refractivity contribution in [1.29, 1.82) is 0 Å². The van der Waals surface area contributed by atoms with E-state index in [4.69, 9.17) is 0 Å². The number of aromatic nitrogens is 2. The summed E-state index contributed by atoms with van der Waals surface area (Å²) in [5.74, 6) is 0.0621. The Morgan fingerprint density at radius 3 is 2.86 bits per heavy atom. The van der Waals surface area contributed by atoms with Crippen molar-refractivity contribution in [3.05, 3.63) is 17.0 Å². The van der Waals surface area contributed by atoms with Gasteiger partial charge in [0.2, 0.25) is 0 Å². The highest BCUT2D eigenvalue weighted by Gasteiger charge is 2.19. The number of H-pyrrole nitrogens is 1. The molecule has 1 aliphatic rings. The standard InChI is InChI=1S/C10H15N3O/c1-7(14)10-8-3-5-13(2)6-4-9(8)11-12-10/h3-6H2,1-2H3,(H,11,12). The third kappa shape index (κ3) is 1.57. The number of carbonyl (C=O) groups excluding carboxylic acids is 1. The molecule has 0 bridgehead atoms. The van der Waals surface area contributed by atoms with Gasteiger partial charge in [0.15, 0.2) is 5.78 Å². The number of hydrogen-bond donors (Lipinski definition) is 1. The van der Waals surface area contributed by atoms with E-state index >= 15 is 0 Å². The van der Waals surface area contributed by atoms with E-state index in [-0.39, 0.29) is 5.78 Å². The molecule has 2 heterocycles. The number of hydrogen-bond acceptors (Lipinski definition) is 3. The Kier molecular flexibility index (Phi) is 2.37. The van der Waals surface area contributed by atoms with Crippen LogP contribution in [0, 0.1) is 0 Å². The van der Waals surface area contributed by atoms with Crippen molar-refractivity contribution in [2.75, 3.05) is 20.1 Å². The predicted octanol–water partition coefficient (Wildman–Crippen LogP) is 0.643. The number of Topliss-reactive ketones (excluding diaryl/α,β-unsaturated/α-hetero) is 1. The van der Waals surface area contributed by atoms with Gasteiger partial charge < -0.3 is 4.90 Å². The summed E-state index contributed by atoms with van der Waals surface area (Å²) in [6.45, 7) is 3.62. The second-order valence-corrected chi connectivity index (χ2v) is 3.89. The molecule has 76 valence electrons. The quantitative estimate of drug-likeness (QED) is 0.666. The lowest BCUT2D eigenvalue weighted by Crippen LogP contribution is -2.21. The molecule has 4 nitrogen and oxygen atoms in total. The van der Waals surface area contributed by atoms with Crippen LogP contribution in [-0.4, -0.2) is 41.0 Å². The van der Waals surface area contributed by atoms with Crippen LogP contribution in [0.2, 0.25) is 0 Å². The Balaban J connectivity index is 2.33. The van der Waals surface area contributed by atoms with E-state index in [2.05, 4.69) is 22.1 Å². The van der Waals surface area contributed by atoms with Crippen molar-refractivity contribution in [2.45, 2.75) is 19.8 Å². The van der Waals surface area contributed by atoms with Crippen LogP contribution in [0.15, 0.2) is 0 Å². The maximum atomic E-state index is 11.3. The molecular weight excluding hydrogens is 178 g/mol. The van der Waals surface area contributed by atoms with Gasteiger partial charge in [-0.2, -0.15) is 5.10 Å². The summed E-state index contributed by atoms with van der Waals surface area (Å²) in [5.41, 5.74) is 2.90. The summed E-state index contributed by atoms with van der Waals surface area (Å²) < 4.78 is 0. The van der Waals surface area contributed by atoms with Gasteiger partial charge in [0.25, 0.3) is 0 Å². The zero-order chi connectivity index (χ0) is 10.1. The Labute approximate surface area is 83.3 Å². The van der Waals surface area contributed by atoms with Gasteiger partial charge in [-0.05, 0) is 13.5 Å². The van der Waals surface area contributed by atoms with Gasteiger partial charge in [0.05, 0.1) is 0 Å². The molecular formula is C10H15N3O. The monoisotopic (exact) mass is 193 g/mol. The van der Waals surface area contributed by atoms with E-state index in [1.165, 1.54) is 0 Å². The van der Waals surface area contributed by atoms with Crippen LogP contribution in [0.25, 0.3) is 0 Å². The van der Waals surface area contributed by atoms with Crippen LogP contribution in [0.3, 0.4) is 0 Å². The minimum absolute atomic E-state index is 0.0621. The zero-order valence-corrected chi connectivity index (χ0v) is 8.63. The Morgan fingerprint density at radius 1 is 1.43 bits per heavy atom.